The molecule has 1 aromatic carbocycles. The third-order valence-electron chi connectivity index (χ3n) is 2.84. The highest BCUT2D eigenvalue weighted by Gasteiger charge is 2.12. The number of ether oxygens (including phenoxy) is 2. The number of methoxy groups -OCH3 is 2. The van der Waals surface area contributed by atoms with E-state index in [9.17, 15) is 4.79 Å². The van der Waals surface area contributed by atoms with Crippen molar-refractivity contribution in [3.05, 3.63) is 52.3 Å². The number of aromatic nitrogens is 1. The second-order valence-electron chi connectivity index (χ2n) is 4.14. The summed E-state index contributed by atoms with van der Waals surface area (Å²) in [6.45, 7) is 0. The molecule has 0 aliphatic heterocycles. The average molecular weight is 336 g/mol. The molecule has 104 valence electrons. The molecule has 0 aliphatic carbocycles. The monoisotopic (exact) mass is 335 g/mol. The van der Waals surface area contributed by atoms with Crippen molar-refractivity contribution in [2.75, 3.05) is 14.2 Å². The Kier molecular flexibility index (Phi) is 4.74. The number of Topliss-reactive ketones (excluding diaryl/α,β-unsaturated/α-hetero) is 1. The van der Waals surface area contributed by atoms with E-state index in [1.807, 2.05) is 12.1 Å². The number of benzene rings is 1. The van der Waals surface area contributed by atoms with Crippen LogP contribution in [0.4, 0.5) is 0 Å². The van der Waals surface area contributed by atoms with Crippen LogP contribution in [-0.4, -0.2) is 25.0 Å². The van der Waals surface area contributed by atoms with E-state index in [2.05, 4.69) is 20.9 Å². The van der Waals surface area contributed by atoms with Gasteiger partial charge in [-0.05, 0) is 46.3 Å². The van der Waals surface area contributed by atoms with Crippen molar-refractivity contribution < 1.29 is 14.3 Å². The predicted octanol–water partition coefficient (Wildman–Crippen LogP) is 3.29. The van der Waals surface area contributed by atoms with E-state index >= 15 is 0 Å². The Hall–Kier alpha value is -1.88. The normalized spacial score (nSPS) is 10.2. The minimum absolute atomic E-state index is 0.0132. The number of hydrogen-bond donors (Lipinski definition) is 0. The van der Waals surface area contributed by atoms with Gasteiger partial charge in [0, 0.05) is 21.9 Å². The summed E-state index contributed by atoms with van der Waals surface area (Å²) in [5, 5.41) is 0. The molecule has 0 fully saturated rings. The van der Waals surface area contributed by atoms with Crippen LogP contribution in [0.1, 0.15) is 16.1 Å². The van der Waals surface area contributed by atoms with Gasteiger partial charge in [0.15, 0.2) is 17.3 Å². The lowest BCUT2D eigenvalue weighted by molar-refractivity contribution is 0.0991. The lowest BCUT2D eigenvalue weighted by Gasteiger charge is -2.09. The number of hydrogen-bond acceptors (Lipinski definition) is 4. The topological polar surface area (TPSA) is 48.4 Å². The molecule has 20 heavy (non-hydrogen) atoms. The zero-order valence-electron chi connectivity index (χ0n) is 11.2. The van der Waals surface area contributed by atoms with Crippen LogP contribution in [-0.2, 0) is 6.42 Å². The minimum atomic E-state index is -0.0132. The molecule has 0 saturated heterocycles. The summed E-state index contributed by atoms with van der Waals surface area (Å²) in [6.07, 6.45) is 1.93. The molecule has 5 heteroatoms. The third kappa shape index (κ3) is 3.36. The van der Waals surface area contributed by atoms with Crippen LogP contribution in [0.3, 0.4) is 0 Å². The minimum Gasteiger partial charge on any atom is -0.493 e. The molecule has 4 nitrogen and oxygen atoms in total. The largest absolute Gasteiger partial charge is 0.493 e. The summed E-state index contributed by atoms with van der Waals surface area (Å²) in [7, 11) is 3.10. The standard InChI is InChI=1S/C15H14BrNO3/c1-19-14-6-3-10(7-15(14)20-2)13(18)8-12-5-4-11(16)9-17-12/h3-7,9H,8H2,1-2H3. The zero-order chi connectivity index (χ0) is 14.5. The quantitative estimate of drug-likeness (QED) is 0.786. The number of carbonyl (C=O) groups is 1. The van der Waals surface area contributed by atoms with Gasteiger partial charge in [-0.2, -0.15) is 0 Å². The molecule has 2 rings (SSSR count). The lowest BCUT2D eigenvalue weighted by Crippen LogP contribution is -2.05. The first kappa shape index (κ1) is 14.5. The van der Waals surface area contributed by atoms with Crippen LogP contribution in [0, 0.1) is 0 Å². The fourth-order valence-electron chi connectivity index (χ4n) is 1.79. The number of nitrogens with zero attached hydrogens (tertiary/aromatic N) is 1. The first-order valence-electron chi connectivity index (χ1n) is 5.99. The highest BCUT2D eigenvalue weighted by atomic mass is 79.9. The number of ketones is 1. The second-order valence-corrected chi connectivity index (χ2v) is 5.05. The van der Waals surface area contributed by atoms with Gasteiger partial charge in [0.2, 0.25) is 0 Å². The zero-order valence-corrected chi connectivity index (χ0v) is 12.8. The maximum Gasteiger partial charge on any atom is 0.168 e. The van der Waals surface area contributed by atoms with Crippen molar-refractivity contribution in [1.82, 2.24) is 4.98 Å². The fourth-order valence-corrected chi connectivity index (χ4v) is 2.02. The first-order valence-corrected chi connectivity index (χ1v) is 6.79. The molecule has 0 atom stereocenters. The molecular weight excluding hydrogens is 322 g/mol. The van der Waals surface area contributed by atoms with Crippen molar-refractivity contribution in [2.24, 2.45) is 0 Å². The van der Waals surface area contributed by atoms with E-state index in [0.717, 1.165) is 10.2 Å². The molecule has 0 radical (unpaired) electrons. The summed E-state index contributed by atoms with van der Waals surface area (Å²) in [6, 6.07) is 8.82. The van der Waals surface area contributed by atoms with Gasteiger partial charge in [-0.1, -0.05) is 0 Å². The van der Waals surface area contributed by atoms with E-state index in [4.69, 9.17) is 9.47 Å². The summed E-state index contributed by atoms with van der Waals surface area (Å²) in [5.74, 6) is 1.13. The van der Waals surface area contributed by atoms with Crippen LogP contribution in [0.2, 0.25) is 0 Å². The summed E-state index contributed by atoms with van der Waals surface area (Å²) < 4.78 is 11.2. The van der Waals surface area contributed by atoms with Gasteiger partial charge in [0.05, 0.1) is 20.6 Å². The van der Waals surface area contributed by atoms with Crippen LogP contribution in [0.15, 0.2) is 41.0 Å². The van der Waals surface area contributed by atoms with Gasteiger partial charge in [-0.25, -0.2) is 0 Å². The van der Waals surface area contributed by atoms with Gasteiger partial charge in [-0.3, -0.25) is 9.78 Å². The molecule has 1 aromatic heterocycles. The number of halogens is 1. The smallest absolute Gasteiger partial charge is 0.168 e. The molecule has 0 N–H and O–H groups in total. The van der Waals surface area contributed by atoms with Gasteiger partial charge >= 0.3 is 0 Å². The molecule has 0 unspecified atom stereocenters. The van der Waals surface area contributed by atoms with Crippen LogP contribution in [0.25, 0.3) is 0 Å². The molecule has 0 amide bonds. The maximum atomic E-state index is 12.2. The molecule has 0 saturated carbocycles. The molecule has 0 aliphatic rings. The van der Waals surface area contributed by atoms with E-state index in [-0.39, 0.29) is 12.2 Å². The van der Waals surface area contributed by atoms with E-state index in [1.54, 1.807) is 38.6 Å². The molecule has 0 spiro atoms. The van der Waals surface area contributed by atoms with Gasteiger partial charge < -0.3 is 9.47 Å². The Morgan fingerprint density at radius 3 is 2.50 bits per heavy atom. The van der Waals surface area contributed by atoms with Crippen molar-refractivity contribution in [1.29, 1.82) is 0 Å². The van der Waals surface area contributed by atoms with Crippen molar-refractivity contribution in [3.63, 3.8) is 0 Å². The number of pyridine rings is 1. The average Bonchev–Trinajstić information content (AvgIpc) is 2.48. The Morgan fingerprint density at radius 1 is 1.15 bits per heavy atom. The van der Waals surface area contributed by atoms with E-state index in [1.165, 1.54) is 0 Å². The Morgan fingerprint density at radius 2 is 1.90 bits per heavy atom. The Bertz CT molecular complexity index is 611. The Balaban J connectivity index is 2.18. The first-order chi connectivity index (χ1) is 9.63. The van der Waals surface area contributed by atoms with E-state index < -0.39 is 0 Å². The van der Waals surface area contributed by atoms with Gasteiger partial charge in [-0.15, -0.1) is 0 Å². The van der Waals surface area contributed by atoms with E-state index in [0.29, 0.717) is 17.1 Å². The molecule has 1 heterocycles. The van der Waals surface area contributed by atoms with Crippen LogP contribution < -0.4 is 9.47 Å². The molecule has 0 bridgehead atoms. The van der Waals surface area contributed by atoms with Crippen molar-refractivity contribution in [2.45, 2.75) is 6.42 Å². The maximum absolute atomic E-state index is 12.2. The van der Waals surface area contributed by atoms with Crippen LogP contribution in [0.5, 0.6) is 11.5 Å². The SMILES string of the molecule is COc1ccc(C(=O)Cc2ccc(Br)cn2)cc1OC. The van der Waals surface area contributed by atoms with Gasteiger partial charge in [0.1, 0.15) is 0 Å². The van der Waals surface area contributed by atoms with Crippen LogP contribution >= 0.6 is 15.9 Å². The molecular formula is C15H14BrNO3. The summed E-state index contributed by atoms with van der Waals surface area (Å²) in [4.78, 5) is 16.4. The number of rotatable bonds is 5. The lowest BCUT2D eigenvalue weighted by atomic mass is 10.1. The highest BCUT2D eigenvalue weighted by molar-refractivity contribution is 9.10. The second kappa shape index (κ2) is 6.52. The van der Waals surface area contributed by atoms with Gasteiger partial charge in [0.25, 0.3) is 0 Å². The highest BCUT2D eigenvalue weighted by Crippen LogP contribution is 2.28. The Labute approximate surface area is 125 Å². The number of carbonyl (C=O) groups excluding carboxylic acids is 1. The predicted molar refractivity (Wildman–Crippen MR) is 79.5 cm³/mol. The summed E-state index contributed by atoms with van der Waals surface area (Å²) in [5.41, 5.74) is 1.31. The van der Waals surface area contributed by atoms with Crippen molar-refractivity contribution >= 4 is 21.7 Å². The fraction of sp³-hybridized carbons (Fsp3) is 0.200. The third-order valence-corrected chi connectivity index (χ3v) is 3.30. The molecule has 2 aromatic rings. The summed E-state index contributed by atoms with van der Waals surface area (Å²) >= 11 is 3.31. The van der Waals surface area contributed by atoms with Crippen molar-refractivity contribution in [3.8, 4) is 11.5 Å².